The Balaban J connectivity index is 1.91. The molecular formula is C14H12Cl2N2OS. The van der Waals surface area contributed by atoms with E-state index in [0.717, 1.165) is 31.7 Å². The molecule has 0 spiro atoms. The summed E-state index contributed by atoms with van der Waals surface area (Å²) in [6.07, 6.45) is 0. The SMILES string of the molecule is Cc1c(Cl)cccc1-c1nc2c(s1)CN(C(=O)CCl)C2. The highest BCUT2D eigenvalue weighted by molar-refractivity contribution is 7.15. The van der Waals surface area contributed by atoms with Gasteiger partial charge in [0.2, 0.25) is 5.91 Å². The Bertz CT molecular complexity index is 660. The van der Waals surface area contributed by atoms with Crippen molar-refractivity contribution in [3.63, 3.8) is 0 Å². The zero-order valence-electron chi connectivity index (χ0n) is 10.8. The maximum atomic E-state index is 11.6. The molecular weight excluding hydrogens is 315 g/mol. The molecule has 0 aliphatic carbocycles. The fourth-order valence-electron chi connectivity index (χ4n) is 2.26. The van der Waals surface area contributed by atoms with Gasteiger partial charge in [0, 0.05) is 15.5 Å². The maximum Gasteiger partial charge on any atom is 0.238 e. The fraction of sp³-hybridized carbons (Fsp3) is 0.286. The highest BCUT2D eigenvalue weighted by Crippen LogP contribution is 2.36. The first-order valence-electron chi connectivity index (χ1n) is 6.18. The van der Waals surface area contributed by atoms with Gasteiger partial charge in [-0.05, 0) is 18.6 Å². The number of halogens is 2. The first-order valence-corrected chi connectivity index (χ1v) is 7.91. The average molecular weight is 327 g/mol. The second-order valence-electron chi connectivity index (χ2n) is 4.68. The van der Waals surface area contributed by atoms with E-state index >= 15 is 0 Å². The molecule has 0 unspecified atom stereocenters. The van der Waals surface area contributed by atoms with E-state index in [1.54, 1.807) is 16.2 Å². The van der Waals surface area contributed by atoms with Gasteiger partial charge >= 0.3 is 0 Å². The molecule has 0 N–H and O–H groups in total. The number of amides is 1. The summed E-state index contributed by atoms with van der Waals surface area (Å²) in [6, 6.07) is 5.83. The van der Waals surface area contributed by atoms with Gasteiger partial charge in [0.25, 0.3) is 0 Å². The highest BCUT2D eigenvalue weighted by Gasteiger charge is 2.27. The summed E-state index contributed by atoms with van der Waals surface area (Å²) in [7, 11) is 0. The predicted molar refractivity (Wildman–Crippen MR) is 82.3 cm³/mol. The minimum atomic E-state index is -0.0441. The van der Waals surface area contributed by atoms with Gasteiger partial charge in [-0.1, -0.05) is 23.7 Å². The van der Waals surface area contributed by atoms with Crippen LogP contribution in [0.25, 0.3) is 10.6 Å². The number of fused-ring (bicyclic) bond motifs is 1. The van der Waals surface area contributed by atoms with Gasteiger partial charge in [0.15, 0.2) is 0 Å². The summed E-state index contributed by atoms with van der Waals surface area (Å²) in [5.41, 5.74) is 3.07. The number of thiazole rings is 1. The predicted octanol–water partition coefficient (Wildman–Crippen LogP) is 3.85. The Morgan fingerprint density at radius 1 is 1.45 bits per heavy atom. The van der Waals surface area contributed by atoms with Crippen molar-refractivity contribution in [3.05, 3.63) is 39.4 Å². The molecule has 1 aliphatic rings. The molecule has 1 amide bonds. The number of alkyl halides is 1. The summed E-state index contributed by atoms with van der Waals surface area (Å²) >= 11 is 13.4. The lowest BCUT2D eigenvalue weighted by molar-refractivity contribution is -0.129. The standard InChI is InChI=1S/C14H12Cl2N2OS/c1-8-9(3-2-4-10(8)16)14-17-11-6-18(13(19)5-15)7-12(11)20-14/h2-4H,5-7H2,1H3. The Kier molecular flexibility index (Phi) is 3.71. The second-order valence-corrected chi connectivity index (χ2v) is 6.44. The summed E-state index contributed by atoms with van der Waals surface area (Å²) < 4.78 is 0. The van der Waals surface area contributed by atoms with Gasteiger partial charge < -0.3 is 4.90 Å². The lowest BCUT2D eigenvalue weighted by Gasteiger charge is -2.13. The molecule has 6 heteroatoms. The third-order valence-corrected chi connectivity index (χ3v) is 5.17. The first kappa shape index (κ1) is 13.9. The smallest absolute Gasteiger partial charge is 0.238 e. The molecule has 20 heavy (non-hydrogen) atoms. The van der Waals surface area contributed by atoms with Gasteiger partial charge in [-0.15, -0.1) is 22.9 Å². The van der Waals surface area contributed by atoms with E-state index in [1.807, 2.05) is 25.1 Å². The van der Waals surface area contributed by atoms with Crippen LogP contribution in [0.15, 0.2) is 18.2 Å². The molecule has 2 aromatic rings. The molecule has 0 fully saturated rings. The largest absolute Gasteiger partial charge is 0.331 e. The maximum absolute atomic E-state index is 11.6. The van der Waals surface area contributed by atoms with Gasteiger partial charge in [0.1, 0.15) is 10.9 Å². The molecule has 0 saturated carbocycles. The van der Waals surface area contributed by atoms with Crippen molar-refractivity contribution in [2.75, 3.05) is 5.88 Å². The lowest BCUT2D eigenvalue weighted by Crippen LogP contribution is -2.26. The molecule has 0 radical (unpaired) electrons. The van der Waals surface area contributed by atoms with Crippen molar-refractivity contribution in [2.24, 2.45) is 0 Å². The fourth-order valence-corrected chi connectivity index (χ4v) is 3.77. The number of nitrogens with zero attached hydrogens (tertiary/aromatic N) is 2. The van der Waals surface area contributed by atoms with E-state index in [4.69, 9.17) is 23.2 Å². The lowest BCUT2D eigenvalue weighted by atomic mass is 10.1. The minimum absolute atomic E-state index is 0.0230. The van der Waals surface area contributed by atoms with Crippen molar-refractivity contribution in [3.8, 4) is 10.6 Å². The number of hydrogen-bond donors (Lipinski definition) is 0. The number of carbonyl (C=O) groups is 1. The number of benzene rings is 1. The summed E-state index contributed by atoms with van der Waals surface area (Å²) in [6.45, 7) is 3.16. The number of aromatic nitrogens is 1. The highest BCUT2D eigenvalue weighted by atomic mass is 35.5. The molecule has 1 aromatic heterocycles. The minimum Gasteiger partial charge on any atom is -0.331 e. The van der Waals surface area contributed by atoms with E-state index in [2.05, 4.69) is 4.98 Å². The van der Waals surface area contributed by atoms with Crippen LogP contribution in [0.5, 0.6) is 0 Å². The number of rotatable bonds is 2. The van der Waals surface area contributed by atoms with Crippen molar-refractivity contribution in [1.29, 1.82) is 0 Å². The first-order chi connectivity index (χ1) is 9.60. The molecule has 3 rings (SSSR count). The van der Waals surface area contributed by atoms with Crippen LogP contribution in [-0.4, -0.2) is 21.7 Å². The topological polar surface area (TPSA) is 33.2 Å². The second kappa shape index (κ2) is 5.35. The average Bonchev–Trinajstić information content (AvgIpc) is 2.99. The number of carbonyl (C=O) groups excluding carboxylic acids is 1. The Labute approximate surface area is 131 Å². The van der Waals surface area contributed by atoms with Gasteiger partial charge in [-0.3, -0.25) is 4.79 Å². The Hall–Kier alpha value is -1.10. The quantitative estimate of drug-likeness (QED) is 0.785. The summed E-state index contributed by atoms with van der Waals surface area (Å²) in [5.74, 6) is -0.0211. The van der Waals surface area contributed by atoms with Crippen LogP contribution in [0.3, 0.4) is 0 Å². The zero-order valence-corrected chi connectivity index (χ0v) is 13.1. The monoisotopic (exact) mass is 326 g/mol. The molecule has 1 aromatic carbocycles. The van der Waals surface area contributed by atoms with E-state index in [1.165, 1.54) is 0 Å². The van der Waals surface area contributed by atoms with Crippen molar-refractivity contribution < 1.29 is 4.79 Å². The van der Waals surface area contributed by atoms with E-state index in [0.29, 0.717) is 13.1 Å². The van der Waals surface area contributed by atoms with Crippen LogP contribution in [0.4, 0.5) is 0 Å². The third kappa shape index (κ3) is 2.32. The van der Waals surface area contributed by atoms with E-state index < -0.39 is 0 Å². The van der Waals surface area contributed by atoms with Crippen LogP contribution in [0.1, 0.15) is 16.1 Å². The van der Waals surface area contributed by atoms with Crippen LogP contribution >= 0.6 is 34.5 Å². The summed E-state index contributed by atoms with van der Waals surface area (Å²) in [5, 5.41) is 1.71. The van der Waals surface area contributed by atoms with Crippen molar-refractivity contribution in [2.45, 2.75) is 20.0 Å². The number of hydrogen-bond acceptors (Lipinski definition) is 3. The van der Waals surface area contributed by atoms with Gasteiger partial charge in [-0.2, -0.15) is 0 Å². The van der Waals surface area contributed by atoms with Crippen LogP contribution < -0.4 is 0 Å². The van der Waals surface area contributed by atoms with Crippen molar-refractivity contribution >= 4 is 40.4 Å². The van der Waals surface area contributed by atoms with Crippen LogP contribution in [-0.2, 0) is 17.9 Å². The van der Waals surface area contributed by atoms with E-state index in [-0.39, 0.29) is 11.8 Å². The normalized spacial score (nSPS) is 13.7. The Morgan fingerprint density at radius 2 is 2.25 bits per heavy atom. The van der Waals surface area contributed by atoms with Crippen LogP contribution in [0.2, 0.25) is 5.02 Å². The third-order valence-electron chi connectivity index (χ3n) is 3.42. The van der Waals surface area contributed by atoms with Crippen molar-refractivity contribution in [1.82, 2.24) is 9.88 Å². The molecule has 1 aliphatic heterocycles. The van der Waals surface area contributed by atoms with Gasteiger partial charge in [-0.25, -0.2) is 4.98 Å². The molecule has 0 bridgehead atoms. The Morgan fingerprint density at radius 3 is 2.95 bits per heavy atom. The molecule has 104 valence electrons. The molecule has 0 saturated heterocycles. The zero-order chi connectivity index (χ0) is 14.3. The molecule has 3 nitrogen and oxygen atoms in total. The van der Waals surface area contributed by atoms with Crippen LogP contribution in [0, 0.1) is 6.92 Å². The molecule has 0 atom stereocenters. The summed E-state index contributed by atoms with van der Waals surface area (Å²) in [4.78, 5) is 19.1. The van der Waals surface area contributed by atoms with Gasteiger partial charge in [0.05, 0.1) is 18.8 Å². The molecule has 2 heterocycles. The van der Waals surface area contributed by atoms with E-state index in [9.17, 15) is 4.79 Å².